The molecule has 33 heavy (non-hydrogen) atoms. The van der Waals surface area contributed by atoms with Crippen molar-refractivity contribution in [1.82, 2.24) is 5.32 Å². The van der Waals surface area contributed by atoms with Gasteiger partial charge in [-0.2, -0.15) is 0 Å². The van der Waals surface area contributed by atoms with Crippen molar-refractivity contribution in [3.05, 3.63) is 71.3 Å². The molecular formula is C25H33F2N3O3. The van der Waals surface area contributed by atoms with E-state index in [9.17, 15) is 23.5 Å². The van der Waals surface area contributed by atoms with Crippen LogP contribution in [0.1, 0.15) is 43.2 Å². The molecule has 8 heteroatoms. The molecule has 0 saturated carbocycles. The summed E-state index contributed by atoms with van der Waals surface area (Å²) in [5.74, 6) is -1.64. The highest BCUT2D eigenvalue weighted by molar-refractivity contribution is 5.83. The van der Waals surface area contributed by atoms with Gasteiger partial charge in [0.1, 0.15) is 17.7 Å². The molecule has 0 fully saturated rings. The fourth-order valence-electron chi connectivity index (χ4n) is 3.58. The van der Waals surface area contributed by atoms with Crippen LogP contribution in [-0.4, -0.2) is 41.5 Å². The van der Waals surface area contributed by atoms with Gasteiger partial charge < -0.3 is 21.9 Å². The number of hydrogen-bond donors (Lipinski definition) is 4. The summed E-state index contributed by atoms with van der Waals surface area (Å²) in [5.41, 5.74) is 13.0. The minimum atomic E-state index is -1.20. The van der Waals surface area contributed by atoms with Crippen molar-refractivity contribution >= 4 is 11.7 Å². The van der Waals surface area contributed by atoms with Gasteiger partial charge in [-0.15, -0.1) is 0 Å². The molecule has 0 spiro atoms. The van der Waals surface area contributed by atoms with Gasteiger partial charge in [0.05, 0.1) is 0 Å². The van der Waals surface area contributed by atoms with Gasteiger partial charge in [0.2, 0.25) is 5.91 Å². The molecule has 0 aliphatic rings. The number of halogens is 2. The molecule has 0 aromatic heterocycles. The molecule has 0 aliphatic carbocycles. The monoisotopic (exact) mass is 461 g/mol. The van der Waals surface area contributed by atoms with E-state index in [0.717, 1.165) is 23.8 Å². The molecule has 2 aromatic carbocycles. The fourth-order valence-corrected chi connectivity index (χ4v) is 3.58. The number of nitrogens with one attached hydrogen (secondary N) is 1. The van der Waals surface area contributed by atoms with E-state index in [0.29, 0.717) is 32.2 Å². The summed E-state index contributed by atoms with van der Waals surface area (Å²) in [5, 5.41) is 12.9. The Morgan fingerprint density at radius 2 is 1.70 bits per heavy atom. The second kappa shape index (κ2) is 13.8. The third-order valence-corrected chi connectivity index (χ3v) is 5.41. The highest BCUT2D eigenvalue weighted by Crippen LogP contribution is 2.13. The van der Waals surface area contributed by atoms with Crippen molar-refractivity contribution < 1.29 is 23.5 Å². The lowest BCUT2D eigenvalue weighted by atomic mass is 9.97. The van der Waals surface area contributed by atoms with E-state index in [-0.39, 0.29) is 36.5 Å². The van der Waals surface area contributed by atoms with E-state index in [1.807, 2.05) is 30.3 Å². The number of unbranched alkanes of at least 4 members (excludes halogenated alkanes) is 2. The summed E-state index contributed by atoms with van der Waals surface area (Å²) in [6.07, 6.45) is 1.46. The van der Waals surface area contributed by atoms with Crippen LogP contribution in [0, 0.1) is 11.6 Å². The average molecular weight is 462 g/mol. The fraction of sp³-hybridized carbons (Fsp3) is 0.440. The number of aliphatic hydroxyl groups excluding tert-OH is 1. The molecule has 0 heterocycles. The highest BCUT2D eigenvalue weighted by atomic mass is 19.1. The first kappa shape index (κ1) is 26.6. The Labute approximate surface area is 193 Å². The van der Waals surface area contributed by atoms with E-state index in [1.165, 1.54) is 0 Å². The number of nitrogens with two attached hydrogens (primary N) is 2. The number of benzene rings is 2. The van der Waals surface area contributed by atoms with Gasteiger partial charge in [-0.3, -0.25) is 9.59 Å². The van der Waals surface area contributed by atoms with E-state index < -0.39 is 29.8 Å². The summed E-state index contributed by atoms with van der Waals surface area (Å²) in [6, 6.07) is 11.3. The summed E-state index contributed by atoms with van der Waals surface area (Å²) in [4.78, 5) is 24.2. The summed E-state index contributed by atoms with van der Waals surface area (Å²) >= 11 is 0. The van der Waals surface area contributed by atoms with Crippen LogP contribution in [0.25, 0.3) is 0 Å². The molecule has 2 rings (SSSR count). The highest BCUT2D eigenvalue weighted by Gasteiger charge is 2.22. The molecule has 3 unspecified atom stereocenters. The van der Waals surface area contributed by atoms with Gasteiger partial charge in [-0.05, 0) is 55.0 Å². The van der Waals surface area contributed by atoms with Crippen LogP contribution in [0.2, 0.25) is 0 Å². The van der Waals surface area contributed by atoms with Crippen LogP contribution in [-0.2, 0) is 22.4 Å². The van der Waals surface area contributed by atoms with Crippen LogP contribution in [0.3, 0.4) is 0 Å². The number of carbonyl (C=O) groups excluding carboxylic acids is 2. The SMILES string of the molecule is NC(CC(=O)NCCCCCC(=O)C(O)C(N)Cc1ccccc1)Cc1cc(F)ccc1F. The van der Waals surface area contributed by atoms with E-state index in [1.54, 1.807) is 0 Å². The Hall–Kier alpha value is -2.68. The van der Waals surface area contributed by atoms with Crippen molar-refractivity contribution in [2.45, 2.75) is 63.1 Å². The quantitative estimate of drug-likeness (QED) is 0.322. The van der Waals surface area contributed by atoms with Crippen molar-refractivity contribution in [2.75, 3.05) is 6.54 Å². The number of ketones is 1. The normalized spacial score (nSPS) is 13.8. The lowest BCUT2D eigenvalue weighted by molar-refractivity contribution is -0.128. The van der Waals surface area contributed by atoms with Crippen molar-refractivity contribution in [1.29, 1.82) is 0 Å². The Balaban J connectivity index is 1.57. The van der Waals surface area contributed by atoms with Gasteiger partial charge in [0.15, 0.2) is 5.78 Å². The molecule has 2 aromatic rings. The molecule has 0 radical (unpaired) electrons. The first-order valence-corrected chi connectivity index (χ1v) is 11.2. The summed E-state index contributed by atoms with van der Waals surface area (Å²) in [6.45, 7) is 0.421. The van der Waals surface area contributed by atoms with Gasteiger partial charge in [-0.25, -0.2) is 8.78 Å². The average Bonchev–Trinajstić information content (AvgIpc) is 2.78. The second-order valence-electron chi connectivity index (χ2n) is 8.33. The van der Waals surface area contributed by atoms with Gasteiger partial charge in [0, 0.05) is 31.5 Å². The maximum absolute atomic E-state index is 13.7. The Kier molecular flexibility index (Phi) is 11.1. The predicted octanol–water partition coefficient (Wildman–Crippen LogP) is 2.40. The standard InChI is InChI=1S/C25H33F2N3O3/c26-19-10-11-21(27)18(14-19)15-20(28)16-24(32)30-12-6-2-5-9-23(31)25(33)22(29)13-17-7-3-1-4-8-17/h1,3-4,7-8,10-11,14,20,22,25,33H,2,5-6,9,12-13,15-16,28-29H2,(H,30,32). The smallest absolute Gasteiger partial charge is 0.221 e. The number of Topliss-reactive ketones (excluding diaryl/α,β-unsaturated/α-hetero) is 1. The van der Waals surface area contributed by atoms with Crippen LogP contribution >= 0.6 is 0 Å². The van der Waals surface area contributed by atoms with E-state index >= 15 is 0 Å². The number of amides is 1. The van der Waals surface area contributed by atoms with Crippen LogP contribution < -0.4 is 16.8 Å². The topological polar surface area (TPSA) is 118 Å². The first-order chi connectivity index (χ1) is 15.8. The largest absolute Gasteiger partial charge is 0.384 e. The van der Waals surface area contributed by atoms with E-state index in [2.05, 4.69) is 5.32 Å². The molecular weight excluding hydrogens is 428 g/mol. The maximum atomic E-state index is 13.7. The number of hydrogen-bond acceptors (Lipinski definition) is 5. The van der Waals surface area contributed by atoms with Crippen LogP contribution in [0.5, 0.6) is 0 Å². The third kappa shape index (κ3) is 9.77. The molecule has 0 saturated heterocycles. The summed E-state index contributed by atoms with van der Waals surface area (Å²) in [7, 11) is 0. The predicted molar refractivity (Wildman–Crippen MR) is 123 cm³/mol. The lowest BCUT2D eigenvalue weighted by Gasteiger charge is -2.18. The van der Waals surface area contributed by atoms with Crippen molar-refractivity contribution in [2.24, 2.45) is 11.5 Å². The Bertz CT molecular complexity index is 896. The minimum Gasteiger partial charge on any atom is -0.384 e. The Morgan fingerprint density at radius 3 is 2.42 bits per heavy atom. The molecule has 3 atom stereocenters. The number of rotatable bonds is 14. The van der Waals surface area contributed by atoms with E-state index in [4.69, 9.17) is 11.5 Å². The second-order valence-corrected chi connectivity index (χ2v) is 8.33. The first-order valence-electron chi connectivity index (χ1n) is 11.2. The van der Waals surface area contributed by atoms with Crippen molar-refractivity contribution in [3.8, 4) is 0 Å². The number of aliphatic hydroxyl groups is 1. The zero-order valence-corrected chi connectivity index (χ0v) is 18.7. The molecule has 1 amide bonds. The molecule has 6 nitrogen and oxygen atoms in total. The summed E-state index contributed by atoms with van der Waals surface area (Å²) < 4.78 is 26.9. The molecule has 180 valence electrons. The van der Waals surface area contributed by atoms with Crippen molar-refractivity contribution in [3.63, 3.8) is 0 Å². The molecule has 0 bridgehead atoms. The van der Waals surface area contributed by atoms with Gasteiger partial charge >= 0.3 is 0 Å². The zero-order valence-electron chi connectivity index (χ0n) is 18.7. The minimum absolute atomic E-state index is 0.0000651. The van der Waals surface area contributed by atoms with Gasteiger partial charge in [0.25, 0.3) is 0 Å². The Morgan fingerprint density at radius 1 is 0.970 bits per heavy atom. The molecule has 0 aliphatic heterocycles. The molecule has 6 N–H and O–H groups in total. The number of carbonyl (C=O) groups is 2. The maximum Gasteiger partial charge on any atom is 0.221 e. The van der Waals surface area contributed by atoms with Gasteiger partial charge in [-0.1, -0.05) is 36.8 Å². The lowest BCUT2D eigenvalue weighted by Crippen LogP contribution is -2.42. The van der Waals surface area contributed by atoms with Crippen LogP contribution in [0.4, 0.5) is 8.78 Å². The zero-order chi connectivity index (χ0) is 24.2. The third-order valence-electron chi connectivity index (χ3n) is 5.41. The van der Waals surface area contributed by atoms with Crippen LogP contribution in [0.15, 0.2) is 48.5 Å².